The average molecular weight is 228 g/mol. The minimum absolute atomic E-state index is 0.679. The van der Waals surface area contributed by atoms with E-state index < -0.39 is 0 Å². The van der Waals surface area contributed by atoms with Gasteiger partial charge in [0.15, 0.2) is 0 Å². The molecule has 0 spiro atoms. The second kappa shape index (κ2) is 3.53. The predicted octanol–water partition coefficient (Wildman–Crippen LogP) is 2.02. The Morgan fingerprint density at radius 1 is 1.29 bits per heavy atom. The first-order chi connectivity index (χ1) is 8.42. The highest BCUT2D eigenvalue weighted by molar-refractivity contribution is 5.75. The maximum absolute atomic E-state index is 4.71. The third-order valence-electron chi connectivity index (χ3n) is 3.60. The normalized spacial score (nSPS) is 20.0. The Bertz CT molecular complexity index is 552. The van der Waals surface area contributed by atoms with Gasteiger partial charge >= 0.3 is 0 Å². The third kappa shape index (κ3) is 1.72. The lowest BCUT2D eigenvalue weighted by Gasteiger charge is -2.07. The van der Waals surface area contributed by atoms with Gasteiger partial charge in [0.25, 0.3) is 0 Å². The van der Waals surface area contributed by atoms with E-state index in [0.29, 0.717) is 6.04 Å². The zero-order valence-corrected chi connectivity index (χ0v) is 9.76. The van der Waals surface area contributed by atoms with Crippen molar-refractivity contribution in [1.29, 1.82) is 0 Å². The molecule has 88 valence electrons. The minimum atomic E-state index is 0.679. The molecule has 2 fully saturated rings. The van der Waals surface area contributed by atoms with Gasteiger partial charge in [-0.25, -0.2) is 4.98 Å². The van der Waals surface area contributed by atoms with Crippen LogP contribution in [0.15, 0.2) is 18.5 Å². The smallest absolute Gasteiger partial charge is 0.124 e. The van der Waals surface area contributed by atoms with E-state index in [1.807, 2.05) is 12.4 Å². The van der Waals surface area contributed by atoms with Crippen LogP contribution in [0.25, 0.3) is 11.0 Å². The molecule has 4 nitrogen and oxygen atoms in total. The summed E-state index contributed by atoms with van der Waals surface area (Å²) in [5.74, 6) is 1.18. The maximum atomic E-state index is 4.71. The quantitative estimate of drug-likeness (QED) is 0.870. The second-order valence-corrected chi connectivity index (χ2v) is 5.15. The Balaban J connectivity index is 1.74. The molecule has 4 heteroatoms. The van der Waals surface area contributed by atoms with Gasteiger partial charge in [0.2, 0.25) is 0 Å². The summed E-state index contributed by atoms with van der Waals surface area (Å²) in [5.41, 5.74) is 2.28. The maximum Gasteiger partial charge on any atom is 0.124 e. The summed E-state index contributed by atoms with van der Waals surface area (Å²) >= 11 is 0. The van der Waals surface area contributed by atoms with E-state index in [4.69, 9.17) is 4.98 Å². The molecule has 0 radical (unpaired) electrons. The Morgan fingerprint density at radius 2 is 2.18 bits per heavy atom. The largest absolute Gasteiger partial charge is 0.324 e. The summed E-state index contributed by atoms with van der Waals surface area (Å²) in [5, 5.41) is 3.55. The second-order valence-electron chi connectivity index (χ2n) is 5.15. The van der Waals surface area contributed by atoms with Gasteiger partial charge in [0.1, 0.15) is 11.3 Å². The van der Waals surface area contributed by atoms with Gasteiger partial charge in [-0.1, -0.05) is 0 Å². The van der Waals surface area contributed by atoms with Crippen molar-refractivity contribution in [2.24, 2.45) is 0 Å². The number of imidazole rings is 1. The fraction of sp³-hybridized carbons (Fsp3) is 0.538. The Hall–Kier alpha value is -1.42. The van der Waals surface area contributed by atoms with E-state index in [1.54, 1.807) is 0 Å². The first-order valence-corrected chi connectivity index (χ1v) is 6.46. The number of rotatable bonds is 4. The summed E-state index contributed by atoms with van der Waals surface area (Å²) in [6.07, 6.45) is 8.97. The van der Waals surface area contributed by atoms with Gasteiger partial charge in [-0.2, -0.15) is 0 Å². The lowest BCUT2D eigenvalue weighted by atomic mass is 10.4. The van der Waals surface area contributed by atoms with Crippen molar-refractivity contribution < 1.29 is 0 Å². The van der Waals surface area contributed by atoms with E-state index >= 15 is 0 Å². The number of hydrogen-bond donors (Lipinski definition) is 1. The number of fused-ring (bicyclic) bond motifs is 1. The van der Waals surface area contributed by atoms with E-state index in [0.717, 1.165) is 18.1 Å². The van der Waals surface area contributed by atoms with Crippen LogP contribution in [0.1, 0.15) is 37.5 Å². The molecule has 2 aliphatic rings. The number of nitrogens with zero attached hydrogens (tertiary/aromatic N) is 3. The molecule has 4 rings (SSSR count). The molecule has 0 aromatic carbocycles. The van der Waals surface area contributed by atoms with Crippen molar-refractivity contribution in [3.8, 4) is 0 Å². The molecule has 0 saturated heterocycles. The summed E-state index contributed by atoms with van der Waals surface area (Å²) in [6.45, 7) is 0.899. The summed E-state index contributed by atoms with van der Waals surface area (Å²) < 4.78 is 2.41. The van der Waals surface area contributed by atoms with Gasteiger partial charge < -0.3 is 9.88 Å². The average Bonchev–Trinajstić information content (AvgIpc) is 3.24. The van der Waals surface area contributed by atoms with Crippen molar-refractivity contribution in [2.75, 3.05) is 0 Å². The number of hydrogen-bond acceptors (Lipinski definition) is 3. The zero-order chi connectivity index (χ0) is 11.2. The zero-order valence-electron chi connectivity index (χ0n) is 9.76. The van der Waals surface area contributed by atoms with Crippen molar-refractivity contribution in [3.63, 3.8) is 0 Å². The Kier molecular flexibility index (Phi) is 1.99. The highest BCUT2D eigenvalue weighted by Crippen LogP contribution is 2.38. The summed E-state index contributed by atoms with van der Waals surface area (Å²) in [7, 11) is 0. The Labute approximate surface area is 100 Å². The van der Waals surface area contributed by atoms with Gasteiger partial charge in [-0.3, -0.25) is 4.98 Å². The predicted molar refractivity (Wildman–Crippen MR) is 65.7 cm³/mol. The molecule has 2 saturated carbocycles. The molecule has 0 amide bonds. The molecular formula is C13H16N4. The van der Waals surface area contributed by atoms with E-state index in [-0.39, 0.29) is 0 Å². The van der Waals surface area contributed by atoms with Gasteiger partial charge in [-0.05, 0) is 31.7 Å². The van der Waals surface area contributed by atoms with Crippen molar-refractivity contribution >= 4 is 11.0 Å². The molecular weight excluding hydrogens is 212 g/mol. The first kappa shape index (κ1) is 9.59. The van der Waals surface area contributed by atoms with Gasteiger partial charge in [-0.15, -0.1) is 0 Å². The number of aromatic nitrogens is 3. The Morgan fingerprint density at radius 3 is 2.94 bits per heavy atom. The SMILES string of the molecule is c1cc2c(cn1)nc(CNC1CC1)n2C1CC1. The highest BCUT2D eigenvalue weighted by atomic mass is 15.2. The van der Waals surface area contributed by atoms with Crippen molar-refractivity contribution in [2.45, 2.75) is 44.3 Å². The molecule has 2 aromatic rings. The van der Waals surface area contributed by atoms with E-state index in [2.05, 4.69) is 20.9 Å². The fourth-order valence-corrected chi connectivity index (χ4v) is 2.39. The van der Waals surface area contributed by atoms with Crippen LogP contribution in [0.5, 0.6) is 0 Å². The topological polar surface area (TPSA) is 42.7 Å². The van der Waals surface area contributed by atoms with Crippen LogP contribution >= 0.6 is 0 Å². The standard InChI is InChI=1S/C13H16N4/c1-2-9(1)15-8-13-16-11-7-14-6-5-12(11)17(13)10-3-4-10/h5-7,9-10,15H,1-4,8H2. The van der Waals surface area contributed by atoms with Crippen LogP contribution in [0.4, 0.5) is 0 Å². The molecule has 17 heavy (non-hydrogen) atoms. The van der Waals surface area contributed by atoms with Crippen LogP contribution in [-0.2, 0) is 6.54 Å². The third-order valence-corrected chi connectivity index (χ3v) is 3.60. The van der Waals surface area contributed by atoms with Crippen LogP contribution in [0.2, 0.25) is 0 Å². The van der Waals surface area contributed by atoms with Crippen LogP contribution in [-0.4, -0.2) is 20.6 Å². The van der Waals surface area contributed by atoms with Crippen LogP contribution in [0, 0.1) is 0 Å². The minimum Gasteiger partial charge on any atom is -0.324 e. The molecule has 0 aliphatic heterocycles. The molecule has 2 heterocycles. The molecule has 2 aromatic heterocycles. The lowest BCUT2D eigenvalue weighted by molar-refractivity contribution is 0.611. The first-order valence-electron chi connectivity index (χ1n) is 6.46. The van der Waals surface area contributed by atoms with Gasteiger partial charge in [0, 0.05) is 18.3 Å². The fourth-order valence-electron chi connectivity index (χ4n) is 2.39. The molecule has 0 atom stereocenters. The number of nitrogens with one attached hydrogen (secondary N) is 1. The molecule has 0 bridgehead atoms. The van der Waals surface area contributed by atoms with Crippen molar-refractivity contribution in [3.05, 3.63) is 24.3 Å². The highest BCUT2D eigenvalue weighted by Gasteiger charge is 2.29. The number of pyridine rings is 1. The van der Waals surface area contributed by atoms with Crippen molar-refractivity contribution in [1.82, 2.24) is 19.9 Å². The molecule has 2 aliphatic carbocycles. The lowest BCUT2D eigenvalue weighted by Crippen LogP contribution is -2.18. The molecule has 1 N–H and O–H groups in total. The molecule has 0 unspecified atom stereocenters. The van der Waals surface area contributed by atoms with Gasteiger partial charge in [0.05, 0.1) is 18.3 Å². The van der Waals surface area contributed by atoms with Crippen LogP contribution in [0.3, 0.4) is 0 Å². The van der Waals surface area contributed by atoms with E-state index in [1.165, 1.54) is 37.0 Å². The van der Waals surface area contributed by atoms with E-state index in [9.17, 15) is 0 Å². The summed E-state index contributed by atoms with van der Waals surface area (Å²) in [4.78, 5) is 8.87. The monoisotopic (exact) mass is 228 g/mol. The summed E-state index contributed by atoms with van der Waals surface area (Å²) in [6, 6.07) is 3.50. The van der Waals surface area contributed by atoms with Crippen LogP contribution < -0.4 is 5.32 Å².